The molecule has 1 heterocycles. The SMILES string of the molecule is Cc1ccc(NC(=O)CSCc2ccc(-n3cccn3)cc2)c(F)c1. The Hall–Kier alpha value is -2.60. The number of carbonyl (C=O) groups is 1. The van der Waals surface area contributed by atoms with Gasteiger partial charge in [0.15, 0.2) is 0 Å². The van der Waals surface area contributed by atoms with Crippen LogP contribution in [0.1, 0.15) is 11.1 Å². The van der Waals surface area contributed by atoms with Gasteiger partial charge in [-0.2, -0.15) is 5.10 Å². The average Bonchev–Trinajstić information content (AvgIpc) is 3.13. The van der Waals surface area contributed by atoms with Crippen LogP contribution in [0, 0.1) is 12.7 Å². The van der Waals surface area contributed by atoms with Crippen molar-refractivity contribution >= 4 is 23.4 Å². The molecule has 4 nitrogen and oxygen atoms in total. The minimum absolute atomic E-state index is 0.207. The fourth-order valence-electron chi connectivity index (χ4n) is 2.34. The first kappa shape index (κ1) is 17.2. The highest BCUT2D eigenvalue weighted by Gasteiger charge is 2.07. The lowest BCUT2D eigenvalue weighted by Gasteiger charge is -2.07. The van der Waals surface area contributed by atoms with Crippen molar-refractivity contribution < 1.29 is 9.18 Å². The maximum absolute atomic E-state index is 13.7. The lowest BCUT2D eigenvalue weighted by molar-refractivity contribution is -0.113. The maximum Gasteiger partial charge on any atom is 0.234 e. The first-order valence-electron chi connectivity index (χ1n) is 7.84. The normalized spacial score (nSPS) is 10.6. The van der Waals surface area contributed by atoms with E-state index in [9.17, 15) is 9.18 Å². The molecule has 0 spiro atoms. The van der Waals surface area contributed by atoms with E-state index in [2.05, 4.69) is 10.4 Å². The Bertz CT molecular complexity index is 848. The van der Waals surface area contributed by atoms with Gasteiger partial charge in [-0.3, -0.25) is 4.79 Å². The number of hydrogen-bond acceptors (Lipinski definition) is 3. The van der Waals surface area contributed by atoms with Crippen LogP contribution >= 0.6 is 11.8 Å². The van der Waals surface area contributed by atoms with E-state index in [1.54, 1.807) is 23.0 Å². The van der Waals surface area contributed by atoms with E-state index in [0.717, 1.165) is 16.8 Å². The summed E-state index contributed by atoms with van der Waals surface area (Å²) >= 11 is 1.49. The second-order valence-electron chi connectivity index (χ2n) is 5.64. The first-order valence-corrected chi connectivity index (χ1v) is 9.00. The Labute approximate surface area is 150 Å². The molecule has 0 aliphatic heterocycles. The molecule has 1 amide bonds. The minimum atomic E-state index is -0.410. The summed E-state index contributed by atoms with van der Waals surface area (Å²) in [5.41, 5.74) is 3.16. The fraction of sp³-hybridized carbons (Fsp3) is 0.158. The molecule has 0 saturated heterocycles. The van der Waals surface area contributed by atoms with Crippen molar-refractivity contribution in [2.45, 2.75) is 12.7 Å². The van der Waals surface area contributed by atoms with Gasteiger partial charge in [0.2, 0.25) is 5.91 Å². The standard InChI is InChI=1S/C19H18FN3OS/c1-14-3-8-18(17(20)11-14)22-19(24)13-25-12-15-4-6-16(7-5-15)23-10-2-9-21-23/h2-11H,12-13H2,1H3,(H,22,24). The fourth-order valence-corrected chi connectivity index (χ4v) is 3.12. The summed E-state index contributed by atoms with van der Waals surface area (Å²) in [6, 6.07) is 14.6. The van der Waals surface area contributed by atoms with Crippen LogP contribution in [0.25, 0.3) is 5.69 Å². The van der Waals surface area contributed by atoms with Crippen LogP contribution in [0.2, 0.25) is 0 Å². The molecule has 1 aromatic heterocycles. The highest BCUT2D eigenvalue weighted by Crippen LogP contribution is 2.18. The zero-order valence-electron chi connectivity index (χ0n) is 13.8. The van der Waals surface area contributed by atoms with E-state index >= 15 is 0 Å². The molecule has 2 aromatic carbocycles. The highest BCUT2D eigenvalue weighted by atomic mass is 32.2. The summed E-state index contributed by atoms with van der Waals surface area (Å²) in [4.78, 5) is 11.9. The molecular weight excluding hydrogens is 337 g/mol. The molecule has 0 aliphatic carbocycles. The van der Waals surface area contributed by atoms with Crippen molar-refractivity contribution in [3.8, 4) is 5.69 Å². The van der Waals surface area contributed by atoms with E-state index in [1.165, 1.54) is 17.8 Å². The highest BCUT2D eigenvalue weighted by molar-refractivity contribution is 7.99. The van der Waals surface area contributed by atoms with Gasteiger partial charge in [-0.15, -0.1) is 11.8 Å². The number of benzene rings is 2. The van der Waals surface area contributed by atoms with Crippen LogP contribution in [0.15, 0.2) is 60.9 Å². The Morgan fingerprint density at radius 3 is 2.72 bits per heavy atom. The van der Waals surface area contributed by atoms with Crippen molar-refractivity contribution in [2.24, 2.45) is 0 Å². The molecule has 25 heavy (non-hydrogen) atoms. The van der Waals surface area contributed by atoms with Crippen LogP contribution < -0.4 is 5.32 Å². The second kappa shape index (κ2) is 7.98. The summed E-state index contributed by atoms with van der Waals surface area (Å²) in [5, 5.41) is 6.79. The van der Waals surface area contributed by atoms with Gasteiger partial charge in [0.1, 0.15) is 5.82 Å². The van der Waals surface area contributed by atoms with E-state index in [-0.39, 0.29) is 17.3 Å². The van der Waals surface area contributed by atoms with E-state index in [1.807, 2.05) is 43.5 Å². The summed E-state index contributed by atoms with van der Waals surface area (Å²) in [7, 11) is 0. The first-order chi connectivity index (χ1) is 12.1. The zero-order valence-corrected chi connectivity index (χ0v) is 14.6. The van der Waals surface area contributed by atoms with Crippen LogP contribution in [-0.2, 0) is 10.5 Å². The molecule has 0 atom stereocenters. The lowest BCUT2D eigenvalue weighted by Crippen LogP contribution is -2.15. The van der Waals surface area contributed by atoms with Crippen molar-refractivity contribution in [1.82, 2.24) is 9.78 Å². The number of amides is 1. The number of nitrogens with zero attached hydrogens (tertiary/aromatic N) is 2. The predicted octanol–water partition coefficient (Wildman–Crippen LogP) is 4.19. The number of hydrogen-bond donors (Lipinski definition) is 1. The molecule has 128 valence electrons. The molecule has 0 fully saturated rings. The third-order valence-electron chi connectivity index (χ3n) is 3.61. The Balaban J connectivity index is 1.48. The second-order valence-corrected chi connectivity index (χ2v) is 6.63. The number of anilines is 1. The van der Waals surface area contributed by atoms with Gasteiger partial charge < -0.3 is 5.32 Å². The van der Waals surface area contributed by atoms with Crippen LogP contribution in [-0.4, -0.2) is 21.4 Å². The monoisotopic (exact) mass is 355 g/mol. The van der Waals surface area contributed by atoms with Gasteiger partial charge in [-0.1, -0.05) is 18.2 Å². The van der Waals surface area contributed by atoms with Crippen LogP contribution in [0.3, 0.4) is 0 Å². The third kappa shape index (κ3) is 4.70. The number of rotatable bonds is 6. The number of thioether (sulfide) groups is 1. The van der Waals surface area contributed by atoms with Crippen LogP contribution in [0.5, 0.6) is 0 Å². The Kier molecular flexibility index (Phi) is 5.50. The predicted molar refractivity (Wildman–Crippen MR) is 99.5 cm³/mol. The van der Waals surface area contributed by atoms with Crippen molar-refractivity contribution in [2.75, 3.05) is 11.1 Å². The molecule has 0 saturated carbocycles. The van der Waals surface area contributed by atoms with Crippen molar-refractivity contribution in [3.05, 3.63) is 77.9 Å². The number of carbonyl (C=O) groups excluding carboxylic acids is 1. The molecule has 3 rings (SSSR count). The molecule has 0 bridgehead atoms. The van der Waals surface area contributed by atoms with E-state index in [4.69, 9.17) is 0 Å². The van der Waals surface area contributed by atoms with Gasteiger partial charge in [0.05, 0.1) is 17.1 Å². The molecule has 0 aliphatic rings. The van der Waals surface area contributed by atoms with Gasteiger partial charge in [-0.25, -0.2) is 9.07 Å². The number of halogens is 1. The molecule has 1 N–H and O–H groups in total. The zero-order chi connectivity index (χ0) is 17.6. The smallest absolute Gasteiger partial charge is 0.234 e. The number of aromatic nitrogens is 2. The van der Waals surface area contributed by atoms with Gasteiger partial charge in [-0.05, 0) is 48.4 Å². The van der Waals surface area contributed by atoms with Gasteiger partial charge >= 0.3 is 0 Å². The quantitative estimate of drug-likeness (QED) is 0.721. The van der Waals surface area contributed by atoms with E-state index in [0.29, 0.717) is 5.75 Å². The summed E-state index contributed by atoms with van der Waals surface area (Å²) < 4.78 is 15.5. The number of aryl methyl sites for hydroxylation is 1. The molecule has 0 radical (unpaired) electrons. The van der Waals surface area contributed by atoms with Crippen LogP contribution in [0.4, 0.5) is 10.1 Å². The Morgan fingerprint density at radius 1 is 1.24 bits per heavy atom. The third-order valence-corrected chi connectivity index (χ3v) is 4.61. The maximum atomic E-state index is 13.7. The average molecular weight is 355 g/mol. The van der Waals surface area contributed by atoms with Gasteiger partial charge in [0, 0.05) is 18.1 Å². The molecule has 6 heteroatoms. The molecule has 0 unspecified atom stereocenters. The summed E-state index contributed by atoms with van der Waals surface area (Å²) in [6.45, 7) is 1.81. The topological polar surface area (TPSA) is 46.9 Å². The summed E-state index contributed by atoms with van der Waals surface area (Å²) in [6.07, 6.45) is 3.62. The molecular formula is C19H18FN3OS. The van der Waals surface area contributed by atoms with Crippen molar-refractivity contribution in [3.63, 3.8) is 0 Å². The largest absolute Gasteiger partial charge is 0.323 e. The lowest BCUT2D eigenvalue weighted by atomic mass is 10.2. The molecule has 3 aromatic rings. The van der Waals surface area contributed by atoms with E-state index < -0.39 is 5.82 Å². The van der Waals surface area contributed by atoms with Crippen molar-refractivity contribution in [1.29, 1.82) is 0 Å². The summed E-state index contributed by atoms with van der Waals surface area (Å²) in [5.74, 6) is 0.366. The minimum Gasteiger partial charge on any atom is -0.323 e. The Morgan fingerprint density at radius 2 is 2.04 bits per heavy atom. The van der Waals surface area contributed by atoms with Gasteiger partial charge in [0.25, 0.3) is 0 Å². The number of nitrogens with one attached hydrogen (secondary N) is 1.